The molecular formula is C12H16O2. The number of ether oxygens (including phenoxy) is 1. The van der Waals surface area contributed by atoms with Crippen molar-refractivity contribution in [2.24, 2.45) is 0 Å². The summed E-state index contributed by atoms with van der Waals surface area (Å²) in [5.41, 5.74) is 1.11. The van der Waals surface area contributed by atoms with Gasteiger partial charge in [-0.25, -0.2) is 0 Å². The third kappa shape index (κ3) is 3.32. The number of rotatable bonds is 5. The first-order chi connectivity index (χ1) is 6.74. The highest BCUT2D eigenvalue weighted by Crippen LogP contribution is 2.06. The van der Waals surface area contributed by atoms with Gasteiger partial charge in [0.2, 0.25) is 0 Å². The Morgan fingerprint density at radius 1 is 1.43 bits per heavy atom. The number of hydrogen-bond donors (Lipinski definition) is 1. The second-order valence-corrected chi connectivity index (χ2v) is 3.23. The summed E-state index contributed by atoms with van der Waals surface area (Å²) in [6.45, 7) is 5.86. The zero-order valence-electron chi connectivity index (χ0n) is 8.39. The van der Waals surface area contributed by atoms with E-state index in [-0.39, 0.29) is 6.10 Å². The molecule has 14 heavy (non-hydrogen) atoms. The molecule has 1 rings (SSSR count). The Kier molecular flexibility index (Phi) is 4.36. The van der Waals surface area contributed by atoms with Gasteiger partial charge in [-0.2, -0.15) is 0 Å². The van der Waals surface area contributed by atoms with E-state index in [1.54, 1.807) is 0 Å². The molecule has 0 heterocycles. The van der Waals surface area contributed by atoms with Gasteiger partial charge in [0.1, 0.15) is 0 Å². The van der Waals surface area contributed by atoms with Crippen molar-refractivity contribution in [2.75, 3.05) is 0 Å². The van der Waals surface area contributed by atoms with Gasteiger partial charge in [-0.1, -0.05) is 36.4 Å². The van der Waals surface area contributed by atoms with E-state index in [0.717, 1.165) is 5.56 Å². The van der Waals surface area contributed by atoms with Crippen LogP contribution in [0.2, 0.25) is 0 Å². The minimum Gasteiger partial charge on any atom is -0.386 e. The van der Waals surface area contributed by atoms with E-state index < -0.39 is 6.10 Å². The number of hydrogen-bond acceptors (Lipinski definition) is 2. The molecule has 1 aromatic rings. The van der Waals surface area contributed by atoms with Crippen LogP contribution in [0.15, 0.2) is 43.0 Å². The summed E-state index contributed by atoms with van der Waals surface area (Å²) in [7, 11) is 0. The summed E-state index contributed by atoms with van der Waals surface area (Å²) >= 11 is 0. The number of benzene rings is 1. The molecule has 0 spiro atoms. The van der Waals surface area contributed by atoms with Gasteiger partial charge >= 0.3 is 0 Å². The van der Waals surface area contributed by atoms with Gasteiger partial charge in [0.05, 0.1) is 18.8 Å². The highest BCUT2D eigenvalue weighted by atomic mass is 16.5. The Morgan fingerprint density at radius 2 is 2.07 bits per heavy atom. The van der Waals surface area contributed by atoms with Gasteiger partial charge in [0.15, 0.2) is 0 Å². The van der Waals surface area contributed by atoms with Crippen molar-refractivity contribution in [3.63, 3.8) is 0 Å². The lowest BCUT2D eigenvalue weighted by molar-refractivity contribution is -0.0151. The zero-order valence-corrected chi connectivity index (χ0v) is 8.39. The molecule has 0 amide bonds. The van der Waals surface area contributed by atoms with Crippen LogP contribution in [-0.2, 0) is 11.3 Å². The molecule has 76 valence electrons. The van der Waals surface area contributed by atoms with Crippen LogP contribution >= 0.6 is 0 Å². The predicted molar refractivity (Wildman–Crippen MR) is 56.9 cm³/mol. The zero-order chi connectivity index (χ0) is 10.4. The van der Waals surface area contributed by atoms with Gasteiger partial charge in [-0.15, -0.1) is 6.58 Å². The molecule has 0 aromatic heterocycles. The van der Waals surface area contributed by atoms with Gasteiger partial charge in [-0.3, -0.25) is 0 Å². The Balaban J connectivity index is 2.37. The highest BCUT2D eigenvalue weighted by molar-refractivity contribution is 5.13. The molecule has 0 fully saturated rings. The third-order valence-electron chi connectivity index (χ3n) is 2.08. The molecule has 0 radical (unpaired) electrons. The first-order valence-electron chi connectivity index (χ1n) is 4.70. The van der Waals surface area contributed by atoms with Gasteiger partial charge in [0.25, 0.3) is 0 Å². The van der Waals surface area contributed by atoms with E-state index in [1.165, 1.54) is 6.08 Å². The van der Waals surface area contributed by atoms with E-state index in [4.69, 9.17) is 4.74 Å². The molecule has 0 aliphatic heterocycles. The lowest BCUT2D eigenvalue weighted by Gasteiger charge is -2.16. The van der Waals surface area contributed by atoms with Crippen molar-refractivity contribution < 1.29 is 9.84 Å². The molecule has 2 atom stereocenters. The summed E-state index contributed by atoms with van der Waals surface area (Å²) in [4.78, 5) is 0. The van der Waals surface area contributed by atoms with Crippen molar-refractivity contribution >= 4 is 0 Å². The van der Waals surface area contributed by atoms with E-state index in [9.17, 15) is 5.11 Å². The number of aliphatic hydroxyl groups excluding tert-OH is 1. The van der Waals surface area contributed by atoms with E-state index >= 15 is 0 Å². The Hall–Kier alpha value is -1.12. The van der Waals surface area contributed by atoms with Crippen LogP contribution in [0.4, 0.5) is 0 Å². The SMILES string of the molecule is C=CC(O)[C@H](C)OCc1ccccc1. The fourth-order valence-corrected chi connectivity index (χ4v) is 1.09. The highest BCUT2D eigenvalue weighted by Gasteiger charge is 2.10. The fourth-order valence-electron chi connectivity index (χ4n) is 1.09. The van der Waals surface area contributed by atoms with Gasteiger partial charge in [0, 0.05) is 0 Å². The van der Waals surface area contributed by atoms with Crippen molar-refractivity contribution in [3.8, 4) is 0 Å². The molecule has 0 saturated heterocycles. The van der Waals surface area contributed by atoms with Gasteiger partial charge in [-0.05, 0) is 12.5 Å². The Labute approximate surface area is 84.8 Å². The maximum absolute atomic E-state index is 9.36. The van der Waals surface area contributed by atoms with E-state index in [2.05, 4.69) is 6.58 Å². The molecule has 0 saturated carbocycles. The molecular weight excluding hydrogens is 176 g/mol. The van der Waals surface area contributed by atoms with Gasteiger partial charge < -0.3 is 9.84 Å². The fraction of sp³-hybridized carbons (Fsp3) is 0.333. The molecule has 0 aliphatic carbocycles. The maximum atomic E-state index is 9.36. The average molecular weight is 192 g/mol. The lowest BCUT2D eigenvalue weighted by atomic mass is 10.2. The van der Waals surface area contributed by atoms with Crippen LogP contribution in [0.25, 0.3) is 0 Å². The molecule has 1 N–H and O–H groups in total. The van der Waals surface area contributed by atoms with Crippen LogP contribution in [0.1, 0.15) is 12.5 Å². The van der Waals surface area contributed by atoms with Crippen molar-refractivity contribution in [2.45, 2.75) is 25.7 Å². The van der Waals surface area contributed by atoms with E-state index in [0.29, 0.717) is 6.61 Å². The summed E-state index contributed by atoms with van der Waals surface area (Å²) in [5, 5.41) is 9.36. The first-order valence-corrected chi connectivity index (χ1v) is 4.70. The lowest BCUT2D eigenvalue weighted by Crippen LogP contribution is -2.23. The summed E-state index contributed by atoms with van der Waals surface area (Å²) in [5.74, 6) is 0. The third-order valence-corrected chi connectivity index (χ3v) is 2.08. The van der Waals surface area contributed by atoms with Crippen molar-refractivity contribution in [1.29, 1.82) is 0 Å². The molecule has 2 nitrogen and oxygen atoms in total. The molecule has 1 aromatic carbocycles. The largest absolute Gasteiger partial charge is 0.386 e. The molecule has 1 unspecified atom stereocenters. The second kappa shape index (κ2) is 5.58. The van der Waals surface area contributed by atoms with Crippen LogP contribution in [0.3, 0.4) is 0 Å². The molecule has 0 aliphatic rings. The van der Waals surface area contributed by atoms with Crippen LogP contribution < -0.4 is 0 Å². The van der Waals surface area contributed by atoms with Crippen LogP contribution in [-0.4, -0.2) is 17.3 Å². The quantitative estimate of drug-likeness (QED) is 0.724. The first kappa shape index (κ1) is 11.0. The summed E-state index contributed by atoms with van der Waals surface area (Å²) in [6, 6.07) is 9.88. The predicted octanol–water partition coefficient (Wildman–Crippen LogP) is 2.14. The van der Waals surface area contributed by atoms with Crippen LogP contribution in [0, 0.1) is 0 Å². The Bertz CT molecular complexity index is 269. The van der Waals surface area contributed by atoms with Crippen molar-refractivity contribution in [3.05, 3.63) is 48.6 Å². The summed E-state index contributed by atoms with van der Waals surface area (Å²) < 4.78 is 5.46. The normalized spacial score (nSPS) is 14.7. The number of aliphatic hydroxyl groups is 1. The maximum Gasteiger partial charge on any atom is 0.0977 e. The minimum absolute atomic E-state index is 0.215. The van der Waals surface area contributed by atoms with Crippen molar-refractivity contribution in [1.82, 2.24) is 0 Å². The molecule has 2 heteroatoms. The van der Waals surface area contributed by atoms with Crippen LogP contribution in [0.5, 0.6) is 0 Å². The monoisotopic (exact) mass is 192 g/mol. The smallest absolute Gasteiger partial charge is 0.0977 e. The standard InChI is InChI=1S/C12H16O2/c1-3-12(13)10(2)14-9-11-7-5-4-6-8-11/h3-8,10,12-13H,1,9H2,2H3/t10-,12?/m0/s1. The van der Waals surface area contributed by atoms with E-state index in [1.807, 2.05) is 37.3 Å². The topological polar surface area (TPSA) is 29.5 Å². The molecule has 0 bridgehead atoms. The summed E-state index contributed by atoms with van der Waals surface area (Å²) in [6.07, 6.45) is 0.668. The minimum atomic E-state index is -0.598. The second-order valence-electron chi connectivity index (χ2n) is 3.23. The Morgan fingerprint density at radius 3 is 2.64 bits per heavy atom. The average Bonchev–Trinajstić information content (AvgIpc) is 2.26.